The Morgan fingerprint density at radius 2 is 2.39 bits per heavy atom. The van der Waals surface area contributed by atoms with Crippen LogP contribution in [0.2, 0.25) is 0 Å². The van der Waals surface area contributed by atoms with Crippen molar-refractivity contribution >= 4 is 11.3 Å². The summed E-state index contributed by atoms with van der Waals surface area (Å²) in [7, 11) is 0. The first-order valence-electron chi connectivity index (χ1n) is 6.96. The van der Waals surface area contributed by atoms with E-state index in [1.807, 2.05) is 0 Å². The highest BCUT2D eigenvalue weighted by molar-refractivity contribution is 7.07. The molecule has 0 saturated carbocycles. The van der Waals surface area contributed by atoms with Crippen LogP contribution >= 0.6 is 11.3 Å². The SMILES string of the molecule is CC(C)CNCC1(Cc2ccsc2)CCOC1C. The lowest BCUT2D eigenvalue weighted by Crippen LogP contribution is -2.42. The molecule has 0 bridgehead atoms. The summed E-state index contributed by atoms with van der Waals surface area (Å²) in [6.45, 7) is 9.83. The summed E-state index contributed by atoms with van der Waals surface area (Å²) in [6, 6.07) is 2.25. The molecule has 2 nitrogen and oxygen atoms in total. The Morgan fingerprint density at radius 3 is 2.94 bits per heavy atom. The van der Waals surface area contributed by atoms with E-state index in [1.165, 1.54) is 12.0 Å². The number of hydrogen-bond acceptors (Lipinski definition) is 3. The molecule has 102 valence electrons. The molecule has 2 unspecified atom stereocenters. The maximum atomic E-state index is 5.84. The van der Waals surface area contributed by atoms with Crippen molar-refractivity contribution in [2.24, 2.45) is 11.3 Å². The van der Waals surface area contributed by atoms with E-state index in [0.717, 1.165) is 26.1 Å². The summed E-state index contributed by atoms with van der Waals surface area (Å²) in [5.41, 5.74) is 1.75. The van der Waals surface area contributed by atoms with Gasteiger partial charge in [0.15, 0.2) is 0 Å². The van der Waals surface area contributed by atoms with Gasteiger partial charge in [-0.15, -0.1) is 0 Å². The predicted molar refractivity (Wildman–Crippen MR) is 78.2 cm³/mol. The van der Waals surface area contributed by atoms with E-state index >= 15 is 0 Å². The van der Waals surface area contributed by atoms with E-state index in [-0.39, 0.29) is 5.41 Å². The molecule has 1 N–H and O–H groups in total. The molecule has 1 aliphatic heterocycles. The third-order valence-electron chi connectivity index (χ3n) is 4.00. The lowest BCUT2D eigenvalue weighted by molar-refractivity contribution is 0.0627. The highest BCUT2D eigenvalue weighted by Crippen LogP contribution is 2.38. The second kappa shape index (κ2) is 6.18. The first-order valence-corrected chi connectivity index (χ1v) is 7.90. The van der Waals surface area contributed by atoms with E-state index in [2.05, 4.69) is 42.9 Å². The molecule has 3 heteroatoms. The van der Waals surface area contributed by atoms with Crippen molar-refractivity contribution in [3.63, 3.8) is 0 Å². The average molecular weight is 267 g/mol. The van der Waals surface area contributed by atoms with E-state index in [0.29, 0.717) is 12.0 Å². The monoisotopic (exact) mass is 267 g/mol. The van der Waals surface area contributed by atoms with Crippen LogP contribution in [0.1, 0.15) is 32.8 Å². The third-order valence-corrected chi connectivity index (χ3v) is 4.73. The zero-order chi connectivity index (χ0) is 13.0. The molecule has 0 aromatic carbocycles. The van der Waals surface area contributed by atoms with Gasteiger partial charge in [-0.05, 0) is 54.6 Å². The van der Waals surface area contributed by atoms with E-state index < -0.39 is 0 Å². The van der Waals surface area contributed by atoms with Crippen molar-refractivity contribution < 1.29 is 4.74 Å². The van der Waals surface area contributed by atoms with Crippen LogP contribution in [0, 0.1) is 11.3 Å². The Bertz CT molecular complexity index is 349. The second-order valence-electron chi connectivity index (χ2n) is 5.96. The molecule has 1 aliphatic rings. The highest BCUT2D eigenvalue weighted by Gasteiger charge is 2.41. The van der Waals surface area contributed by atoms with Crippen molar-refractivity contribution in [1.82, 2.24) is 5.32 Å². The van der Waals surface area contributed by atoms with Crippen molar-refractivity contribution in [3.05, 3.63) is 22.4 Å². The van der Waals surface area contributed by atoms with E-state index in [9.17, 15) is 0 Å². The topological polar surface area (TPSA) is 21.3 Å². The van der Waals surface area contributed by atoms with Crippen molar-refractivity contribution in [3.8, 4) is 0 Å². The maximum Gasteiger partial charge on any atom is 0.0619 e. The molecule has 1 fully saturated rings. The van der Waals surface area contributed by atoms with Crippen molar-refractivity contribution in [2.45, 2.75) is 39.7 Å². The largest absolute Gasteiger partial charge is 0.378 e. The number of ether oxygens (including phenoxy) is 1. The molecule has 0 radical (unpaired) electrons. The molecular weight excluding hydrogens is 242 g/mol. The predicted octanol–water partition coefficient (Wildman–Crippen LogP) is 3.33. The average Bonchev–Trinajstić information content (AvgIpc) is 2.91. The summed E-state index contributed by atoms with van der Waals surface area (Å²) in [6.07, 6.45) is 2.68. The van der Waals surface area contributed by atoms with Gasteiger partial charge < -0.3 is 10.1 Å². The first-order chi connectivity index (χ1) is 8.62. The molecule has 1 aromatic heterocycles. The van der Waals surface area contributed by atoms with E-state index in [1.54, 1.807) is 11.3 Å². The molecule has 18 heavy (non-hydrogen) atoms. The molecule has 1 aromatic rings. The van der Waals surface area contributed by atoms with E-state index in [4.69, 9.17) is 4.74 Å². The molecule has 0 spiro atoms. The van der Waals surface area contributed by atoms with Crippen LogP contribution in [0.3, 0.4) is 0 Å². The van der Waals surface area contributed by atoms with Gasteiger partial charge in [-0.1, -0.05) is 13.8 Å². The standard InChI is InChI=1S/C15H25NOS/c1-12(2)9-16-11-15(5-6-17-13(15)3)8-14-4-7-18-10-14/h4,7,10,12-13,16H,5-6,8-9,11H2,1-3H3. The van der Waals surface area contributed by atoms with Gasteiger partial charge >= 0.3 is 0 Å². The van der Waals surface area contributed by atoms with Gasteiger partial charge in [-0.3, -0.25) is 0 Å². The summed E-state index contributed by atoms with van der Waals surface area (Å²) in [4.78, 5) is 0. The molecule has 0 amide bonds. The zero-order valence-corrected chi connectivity index (χ0v) is 12.6. The number of nitrogens with one attached hydrogen (secondary N) is 1. The molecule has 0 aliphatic carbocycles. The zero-order valence-electron chi connectivity index (χ0n) is 11.7. The van der Waals surface area contributed by atoms with Crippen molar-refractivity contribution in [2.75, 3.05) is 19.7 Å². The highest BCUT2D eigenvalue weighted by atomic mass is 32.1. The summed E-state index contributed by atoms with van der Waals surface area (Å²) < 4.78 is 5.84. The van der Waals surface area contributed by atoms with Gasteiger partial charge in [0, 0.05) is 18.6 Å². The van der Waals surface area contributed by atoms with Crippen LogP contribution in [-0.4, -0.2) is 25.8 Å². The minimum Gasteiger partial charge on any atom is -0.378 e. The van der Waals surface area contributed by atoms with Gasteiger partial charge in [0.25, 0.3) is 0 Å². The van der Waals surface area contributed by atoms with Crippen LogP contribution < -0.4 is 5.32 Å². The molecule has 2 atom stereocenters. The summed E-state index contributed by atoms with van der Waals surface area (Å²) in [5, 5.41) is 8.08. The minimum absolute atomic E-state index is 0.288. The van der Waals surface area contributed by atoms with Crippen LogP contribution in [-0.2, 0) is 11.2 Å². The Balaban J connectivity index is 1.99. The molecular formula is C15H25NOS. The van der Waals surface area contributed by atoms with Crippen LogP contribution in [0.4, 0.5) is 0 Å². The fourth-order valence-electron chi connectivity index (χ4n) is 2.76. The van der Waals surface area contributed by atoms with Crippen LogP contribution in [0.5, 0.6) is 0 Å². The maximum absolute atomic E-state index is 5.84. The van der Waals surface area contributed by atoms with Crippen LogP contribution in [0.15, 0.2) is 16.8 Å². The number of hydrogen-bond donors (Lipinski definition) is 1. The summed E-state index contributed by atoms with van der Waals surface area (Å²) in [5.74, 6) is 0.709. The lowest BCUT2D eigenvalue weighted by Gasteiger charge is -2.33. The van der Waals surface area contributed by atoms with Gasteiger partial charge in [0.2, 0.25) is 0 Å². The number of thiophene rings is 1. The van der Waals surface area contributed by atoms with Crippen molar-refractivity contribution in [1.29, 1.82) is 0 Å². The summed E-state index contributed by atoms with van der Waals surface area (Å²) >= 11 is 1.79. The fourth-order valence-corrected chi connectivity index (χ4v) is 3.42. The van der Waals surface area contributed by atoms with Crippen LogP contribution in [0.25, 0.3) is 0 Å². The van der Waals surface area contributed by atoms with Gasteiger partial charge in [0.1, 0.15) is 0 Å². The molecule has 2 rings (SSSR count). The fraction of sp³-hybridized carbons (Fsp3) is 0.733. The normalized spacial score (nSPS) is 28.1. The first kappa shape index (κ1) is 14.0. The quantitative estimate of drug-likeness (QED) is 0.853. The third kappa shape index (κ3) is 3.34. The second-order valence-corrected chi connectivity index (χ2v) is 6.74. The minimum atomic E-state index is 0.288. The Hall–Kier alpha value is -0.380. The Kier molecular flexibility index (Phi) is 4.82. The van der Waals surface area contributed by atoms with Gasteiger partial charge in [0.05, 0.1) is 6.10 Å². The molecule has 1 saturated heterocycles. The van der Waals surface area contributed by atoms with Gasteiger partial charge in [-0.25, -0.2) is 0 Å². The smallest absolute Gasteiger partial charge is 0.0619 e. The molecule has 2 heterocycles. The van der Waals surface area contributed by atoms with Gasteiger partial charge in [-0.2, -0.15) is 11.3 Å². The lowest BCUT2D eigenvalue weighted by atomic mass is 9.76. The number of rotatable bonds is 6. The Labute approximate surface area is 115 Å². The Morgan fingerprint density at radius 1 is 1.56 bits per heavy atom.